The molecule has 6 nitrogen and oxygen atoms in total. The lowest BCUT2D eigenvalue weighted by atomic mass is 9.89. The van der Waals surface area contributed by atoms with Gasteiger partial charge in [0.15, 0.2) is 9.84 Å². The van der Waals surface area contributed by atoms with Gasteiger partial charge in [-0.15, -0.1) is 0 Å². The van der Waals surface area contributed by atoms with Gasteiger partial charge >= 0.3 is 5.63 Å². The van der Waals surface area contributed by atoms with E-state index in [0.29, 0.717) is 11.1 Å². The van der Waals surface area contributed by atoms with E-state index in [-0.39, 0.29) is 5.75 Å². The molecule has 7 heteroatoms. The molecule has 0 atom stereocenters. The SMILES string of the molecule is Cc1cc2oc(=O)cc(-c3cccc(CS(C)(=O)=O)c3)c2c(C)c1-c1ccc(CN2CCOCC2)cc1. The minimum atomic E-state index is -3.19. The van der Waals surface area contributed by atoms with Crippen molar-refractivity contribution in [1.82, 2.24) is 4.90 Å². The molecule has 1 aliphatic rings. The van der Waals surface area contributed by atoms with Crippen molar-refractivity contribution in [2.75, 3.05) is 32.6 Å². The number of sulfone groups is 1. The Labute approximate surface area is 217 Å². The summed E-state index contributed by atoms with van der Waals surface area (Å²) in [6.45, 7) is 8.44. The smallest absolute Gasteiger partial charge is 0.336 e. The predicted octanol–water partition coefficient (Wildman–Crippen LogP) is 5.12. The Morgan fingerprint density at radius 3 is 2.32 bits per heavy atom. The van der Waals surface area contributed by atoms with E-state index in [1.54, 1.807) is 6.07 Å². The second-order valence-electron chi connectivity index (χ2n) is 9.90. The molecular formula is C30H31NO5S. The first kappa shape index (κ1) is 25.4. The van der Waals surface area contributed by atoms with Gasteiger partial charge in [-0.3, -0.25) is 4.90 Å². The van der Waals surface area contributed by atoms with E-state index in [2.05, 4.69) is 36.1 Å². The summed E-state index contributed by atoms with van der Waals surface area (Å²) < 4.78 is 34.8. The van der Waals surface area contributed by atoms with Crippen LogP contribution >= 0.6 is 0 Å². The number of ether oxygens (including phenoxy) is 1. The molecule has 0 spiro atoms. The van der Waals surface area contributed by atoms with Gasteiger partial charge in [-0.25, -0.2) is 13.2 Å². The van der Waals surface area contributed by atoms with Crippen LogP contribution < -0.4 is 5.63 Å². The third kappa shape index (κ3) is 5.69. The summed E-state index contributed by atoms with van der Waals surface area (Å²) in [5.74, 6) is -0.0552. The van der Waals surface area contributed by atoms with Crippen molar-refractivity contribution in [3.63, 3.8) is 0 Å². The summed E-state index contributed by atoms with van der Waals surface area (Å²) in [7, 11) is -3.19. The third-order valence-corrected chi connectivity index (χ3v) is 7.76. The molecule has 0 amide bonds. The van der Waals surface area contributed by atoms with Gasteiger partial charge in [0.25, 0.3) is 0 Å². The van der Waals surface area contributed by atoms with Crippen molar-refractivity contribution in [2.45, 2.75) is 26.1 Å². The first-order valence-electron chi connectivity index (χ1n) is 12.4. The van der Waals surface area contributed by atoms with Crippen molar-refractivity contribution in [2.24, 2.45) is 0 Å². The topological polar surface area (TPSA) is 76.8 Å². The standard InChI is InChI=1S/C30H31NO5S/c1-20-15-27-30(26(17-28(32)36-27)25-6-4-5-23(16-25)19-37(3,33)34)21(2)29(20)24-9-7-22(8-10-24)18-31-11-13-35-14-12-31/h4-10,15-17H,11-14,18-19H2,1-3H3. The molecule has 0 aliphatic carbocycles. The molecule has 1 aromatic heterocycles. The molecule has 0 bridgehead atoms. The zero-order valence-corrected chi connectivity index (χ0v) is 22.2. The third-order valence-electron chi connectivity index (χ3n) is 6.90. The van der Waals surface area contributed by atoms with Crippen molar-refractivity contribution < 1.29 is 17.6 Å². The molecule has 0 N–H and O–H groups in total. The van der Waals surface area contributed by atoms with Crippen LogP contribution in [0.15, 0.2) is 69.9 Å². The van der Waals surface area contributed by atoms with Crippen LogP contribution in [0.5, 0.6) is 0 Å². The number of hydrogen-bond acceptors (Lipinski definition) is 6. The number of rotatable bonds is 6. The quantitative estimate of drug-likeness (QED) is 0.331. The van der Waals surface area contributed by atoms with E-state index in [1.165, 1.54) is 17.9 Å². The van der Waals surface area contributed by atoms with Crippen molar-refractivity contribution >= 4 is 20.8 Å². The maximum Gasteiger partial charge on any atom is 0.336 e. The summed E-state index contributed by atoms with van der Waals surface area (Å²) in [4.78, 5) is 14.9. The molecule has 2 heterocycles. The highest BCUT2D eigenvalue weighted by atomic mass is 32.2. The molecule has 4 aromatic rings. The van der Waals surface area contributed by atoms with Crippen molar-refractivity contribution in [3.8, 4) is 22.3 Å². The van der Waals surface area contributed by atoms with Crippen LogP contribution in [0.3, 0.4) is 0 Å². The number of hydrogen-bond donors (Lipinski definition) is 0. The van der Waals surface area contributed by atoms with Gasteiger partial charge in [-0.05, 0) is 58.9 Å². The van der Waals surface area contributed by atoms with Gasteiger partial charge < -0.3 is 9.15 Å². The molecule has 1 saturated heterocycles. The molecule has 1 aliphatic heterocycles. The van der Waals surface area contributed by atoms with Crippen LogP contribution in [0.1, 0.15) is 22.3 Å². The highest BCUT2D eigenvalue weighted by molar-refractivity contribution is 7.89. The molecule has 37 heavy (non-hydrogen) atoms. The Hall–Kier alpha value is -3.26. The summed E-state index contributed by atoms with van der Waals surface area (Å²) in [6.07, 6.45) is 1.22. The Bertz CT molecular complexity index is 1610. The number of morpholine rings is 1. The van der Waals surface area contributed by atoms with Gasteiger partial charge in [-0.2, -0.15) is 0 Å². The number of benzene rings is 3. The Morgan fingerprint density at radius 1 is 0.892 bits per heavy atom. The lowest BCUT2D eigenvalue weighted by Gasteiger charge is -2.26. The normalized spacial score (nSPS) is 14.8. The summed E-state index contributed by atoms with van der Waals surface area (Å²) in [5.41, 5.74) is 7.81. The lowest BCUT2D eigenvalue weighted by molar-refractivity contribution is 0.0342. The first-order chi connectivity index (χ1) is 17.7. The Kier molecular flexibility index (Phi) is 7.03. The highest BCUT2D eigenvalue weighted by Gasteiger charge is 2.18. The molecule has 0 saturated carbocycles. The van der Waals surface area contributed by atoms with Crippen LogP contribution in [-0.2, 0) is 26.9 Å². The van der Waals surface area contributed by atoms with E-state index >= 15 is 0 Å². The molecule has 0 radical (unpaired) electrons. The van der Waals surface area contributed by atoms with E-state index in [9.17, 15) is 13.2 Å². The van der Waals surface area contributed by atoms with Crippen molar-refractivity contribution in [3.05, 3.63) is 93.3 Å². The largest absolute Gasteiger partial charge is 0.423 e. The molecule has 192 valence electrons. The van der Waals surface area contributed by atoms with Gasteiger partial charge in [0, 0.05) is 42.9 Å². The van der Waals surface area contributed by atoms with E-state index < -0.39 is 15.5 Å². The van der Waals surface area contributed by atoms with Crippen LogP contribution in [-0.4, -0.2) is 45.9 Å². The minimum Gasteiger partial charge on any atom is -0.423 e. The molecule has 5 rings (SSSR count). The predicted molar refractivity (Wildman–Crippen MR) is 147 cm³/mol. The maximum absolute atomic E-state index is 12.5. The lowest BCUT2D eigenvalue weighted by Crippen LogP contribution is -2.35. The molecular weight excluding hydrogens is 486 g/mol. The zero-order chi connectivity index (χ0) is 26.2. The number of aryl methyl sites for hydroxylation is 2. The monoisotopic (exact) mass is 517 g/mol. The van der Waals surface area contributed by atoms with Gasteiger partial charge in [0.05, 0.1) is 19.0 Å². The van der Waals surface area contributed by atoms with E-state index in [1.807, 2.05) is 31.2 Å². The van der Waals surface area contributed by atoms with Crippen molar-refractivity contribution in [1.29, 1.82) is 0 Å². The van der Waals surface area contributed by atoms with Crippen LogP contribution in [0.2, 0.25) is 0 Å². The fourth-order valence-electron chi connectivity index (χ4n) is 5.29. The fourth-order valence-corrected chi connectivity index (χ4v) is 6.07. The molecule has 3 aromatic carbocycles. The average molecular weight is 518 g/mol. The van der Waals surface area contributed by atoms with E-state index in [0.717, 1.165) is 71.6 Å². The maximum atomic E-state index is 12.5. The van der Waals surface area contributed by atoms with Gasteiger partial charge in [0.2, 0.25) is 0 Å². The van der Waals surface area contributed by atoms with Crippen LogP contribution in [0.4, 0.5) is 0 Å². The zero-order valence-electron chi connectivity index (χ0n) is 21.4. The minimum absolute atomic E-state index is 0.0552. The van der Waals surface area contributed by atoms with Crippen LogP contribution in [0.25, 0.3) is 33.2 Å². The molecule has 0 unspecified atom stereocenters. The summed E-state index contributed by atoms with van der Waals surface area (Å²) in [6, 6.07) is 19.4. The average Bonchev–Trinajstić information content (AvgIpc) is 2.84. The van der Waals surface area contributed by atoms with Gasteiger partial charge in [-0.1, -0.05) is 48.5 Å². The Balaban J connectivity index is 1.58. The second-order valence-corrected chi connectivity index (χ2v) is 12.0. The van der Waals surface area contributed by atoms with Gasteiger partial charge in [0.1, 0.15) is 5.58 Å². The van der Waals surface area contributed by atoms with E-state index in [4.69, 9.17) is 9.15 Å². The summed E-state index contributed by atoms with van der Waals surface area (Å²) in [5, 5.41) is 0.856. The Morgan fingerprint density at radius 2 is 1.62 bits per heavy atom. The highest BCUT2D eigenvalue weighted by Crippen LogP contribution is 2.38. The summed E-state index contributed by atoms with van der Waals surface area (Å²) >= 11 is 0. The number of fused-ring (bicyclic) bond motifs is 1. The fraction of sp³-hybridized carbons (Fsp3) is 0.300. The number of nitrogens with zero attached hydrogens (tertiary/aromatic N) is 1. The second kappa shape index (κ2) is 10.2. The van der Waals surface area contributed by atoms with Crippen LogP contribution in [0, 0.1) is 13.8 Å². The molecule has 1 fully saturated rings. The first-order valence-corrected chi connectivity index (χ1v) is 14.5.